The Labute approximate surface area is 614 Å². The second kappa shape index (κ2) is 27.1. The second-order valence-electron chi connectivity index (χ2n) is 24.6. The van der Waals surface area contributed by atoms with Crippen molar-refractivity contribution < 1.29 is 218 Å². The Morgan fingerprint density at radius 2 is 0.616 bits per heavy atom. The van der Waals surface area contributed by atoms with E-state index in [2.05, 4.69) is 0 Å². The van der Waals surface area contributed by atoms with Gasteiger partial charge in [-0.3, -0.25) is 0 Å². The Hall–Kier alpha value is -15.4. The Morgan fingerprint density at radius 1 is 0.295 bits per heavy atom. The fourth-order valence-corrected chi connectivity index (χ4v) is 12.5. The molecule has 8 aromatic rings. The lowest BCUT2D eigenvalue weighted by Gasteiger charge is -2.44. The number of carbonyl (C=O) groups is 8. The van der Waals surface area contributed by atoms with Crippen molar-refractivity contribution in [3.8, 4) is 177 Å². The second-order valence-corrected chi connectivity index (χ2v) is 24.6. The number of ether oxygens (including phenoxy) is 11. The lowest BCUT2D eigenvalue weighted by molar-refractivity contribution is -0.284. The molecule has 44 nitrogen and oxygen atoms in total. The van der Waals surface area contributed by atoms with Crippen LogP contribution in [0.1, 0.15) is 82.9 Å². The van der Waals surface area contributed by atoms with Crippen LogP contribution in [0.15, 0.2) is 54.6 Å². The Bertz CT molecular complexity index is 5480. The molecule has 0 aliphatic carbocycles. The molecule has 112 heavy (non-hydrogen) atoms. The zero-order valence-corrected chi connectivity index (χ0v) is 54.8. The van der Waals surface area contributed by atoms with E-state index in [4.69, 9.17) is 52.1 Å². The van der Waals surface area contributed by atoms with E-state index in [1.165, 1.54) is 0 Å². The van der Waals surface area contributed by atoms with E-state index in [0.29, 0.717) is 42.5 Å². The summed E-state index contributed by atoms with van der Waals surface area (Å²) in [6.45, 7) is -2.81. The summed E-state index contributed by atoms with van der Waals surface area (Å²) in [5, 5.41) is 275. The van der Waals surface area contributed by atoms with E-state index in [1.54, 1.807) is 0 Å². The standard InChI is InChI=1S/C68H48O44/c69-19-1-12(2-20(70)37(19)77)59(94)112-68-58-57(109-64(99)17-8-25(75)41(81)46(86)32(17)33-18(65(100)110-58)9-26(76)42(82)47(33)87)55-29(106-68)11-103-62(97)15-6-23(73)43(83)48(88)34(15)35-36(66(101)108-55)56(51(91)50(90)49(35)89)104-27-4-13(3-21(71)38(27)78)60(95)111-67-53(93)52(92)54-28(105-67)10-102-61(96)14-5-22(72)39(79)44(84)30(14)31-16(63(98)107-54)7-24(74)40(80)45(31)85/h1-9,28-29,52-55,57-58,67-93H,10-11H2/t28-,29-,52-,53-,54-,55-,57+,58-,67+,68-/m1/s1. The van der Waals surface area contributed by atoms with Crippen molar-refractivity contribution in [2.24, 2.45) is 0 Å². The summed E-state index contributed by atoms with van der Waals surface area (Å²) in [5.41, 5.74) is -17.5. The zero-order chi connectivity index (χ0) is 81.5. The van der Waals surface area contributed by atoms with Gasteiger partial charge >= 0.3 is 47.8 Å². The molecule has 2 fully saturated rings. The zero-order valence-electron chi connectivity index (χ0n) is 54.8. The van der Waals surface area contributed by atoms with E-state index in [9.17, 15) is 156 Å². The van der Waals surface area contributed by atoms with Crippen LogP contribution in [0.4, 0.5) is 0 Å². The maximum Gasteiger partial charge on any atom is 0.343 e. The van der Waals surface area contributed by atoms with Crippen LogP contribution in [0.2, 0.25) is 0 Å². The molecular formula is C68H48O44. The summed E-state index contributed by atoms with van der Waals surface area (Å²) in [6, 6.07) is 3.22. The molecule has 0 radical (unpaired) electrons. The first-order chi connectivity index (χ1) is 52.7. The van der Waals surface area contributed by atoms with Crippen LogP contribution in [0, 0.1) is 0 Å². The molecule has 25 N–H and O–H groups in total. The number of aliphatic hydroxyl groups excluding tert-OH is 2. The largest absolute Gasteiger partial charge is 0.504 e. The normalized spacial score (nSPS) is 21.3. The number of phenolic OH excluding ortho intramolecular Hbond substituents is 23. The maximum atomic E-state index is 15.8. The monoisotopic (exact) mass is 1570 g/mol. The van der Waals surface area contributed by atoms with E-state index in [0.717, 1.165) is 0 Å². The van der Waals surface area contributed by atoms with Gasteiger partial charge < -0.3 is 180 Å². The van der Waals surface area contributed by atoms with Crippen LogP contribution in [0.5, 0.6) is 144 Å². The van der Waals surface area contributed by atoms with E-state index >= 15 is 9.59 Å². The van der Waals surface area contributed by atoms with Crippen molar-refractivity contribution in [3.05, 3.63) is 99.1 Å². The molecule has 44 heteroatoms. The lowest BCUT2D eigenvalue weighted by Crippen LogP contribution is -2.63. The van der Waals surface area contributed by atoms with Gasteiger partial charge in [0.2, 0.25) is 64.7 Å². The number of carbonyl (C=O) groups excluding carboxylic acids is 8. The highest BCUT2D eigenvalue weighted by Crippen LogP contribution is 2.60. The van der Waals surface area contributed by atoms with Gasteiger partial charge in [0.05, 0.1) is 44.5 Å². The minimum Gasteiger partial charge on any atom is -0.504 e. The summed E-state index contributed by atoms with van der Waals surface area (Å²) < 4.78 is 61.6. The summed E-state index contributed by atoms with van der Waals surface area (Å²) in [4.78, 5) is 117. The molecule has 584 valence electrons. The summed E-state index contributed by atoms with van der Waals surface area (Å²) >= 11 is 0. The number of rotatable bonds is 6. The van der Waals surface area contributed by atoms with Crippen molar-refractivity contribution in [1.82, 2.24) is 0 Å². The highest BCUT2D eigenvalue weighted by atomic mass is 16.8. The molecule has 0 bridgehead atoms. The third-order valence-corrected chi connectivity index (χ3v) is 17.9. The highest BCUT2D eigenvalue weighted by Gasteiger charge is 2.57. The smallest absolute Gasteiger partial charge is 0.343 e. The van der Waals surface area contributed by atoms with Gasteiger partial charge in [0.1, 0.15) is 43.2 Å². The number of aromatic hydroxyl groups is 23. The minimum absolute atomic E-state index is 0.253. The van der Waals surface area contributed by atoms with Crippen LogP contribution in [0.25, 0.3) is 33.4 Å². The van der Waals surface area contributed by atoms with E-state index < -0.39 is 344 Å². The predicted molar refractivity (Wildman–Crippen MR) is 344 cm³/mol. The van der Waals surface area contributed by atoms with Crippen molar-refractivity contribution in [2.45, 2.75) is 61.4 Å². The van der Waals surface area contributed by atoms with Gasteiger partial charge in [0, 0.05) is 27.8 Å². The van der Waals surface area contributed by atoms with E-state index in [1.807, 2.05) is 0 Å². The van der Waals surface area contributed by atoms with Crippen LogP contribution in [-0.2, 0) is 47.4 Å². The van der Waals surface area contributed by atoms with Crippen LogP contribution < -0.4 is 4.74 Å². The minimum atomic E-state index is -2.89. The first-order valence-electron chi connectivity index (χ1n) is 31.2. The molecule has 5 aliphatic rings. The molecule has 10 atom stereocenters. The van der Waals surface area contributed by atoms with Gasteiger partial charge in [-0.1, -0.05) is 0 Å². The molecule has 2 saturated heterocycles. The number of fused-ring (bicyclic) bond motifs is 13. The fraction of sp³-hybridized carbons (Fsp3) is 0.176. The molecule has 0 unspecified atom stereocenters. The number of cyclic esters (lactones) is 2. The molecule has 8 aromatic carbocycles. The average Bonchev–Trinajstić information content (AvgIpc) is 1.04. The molecular weight excluding hydrogens is 1520 g/mol. The van der Waals surface area contributed by atoms with Crippen molar-refractivity contribution in [2.75, 3.05) is 13.2 Å². The Morgan fingerprint density at radius 3 is 1.04 bits per heavy atom. The number of phenols is 23. The lowest BCUT2D eigenvalue weighted by atomic mass is 9.90. The van der Waals surface area contributed by atoms with Crippen molar-refractivity contribution >= 4 is 47.8 Å². The highest BCUT2D eigenvalue weighted by molar-refractivity contribution is 6.12. The summed E-state index contributed by atoms with van der Waals surface area (Å²) in [5.74, 6) is -53.2. The number of aliphatic hydroxyl groups is 2. The van der Waals surface area contributed by atoms with Crippen molar-refractivity contribution in [3.63, 3.8) is 0 Å². The number of esters is 8. The third kappa shape index (κ3) is 12.0. The molecule has 5 aliphatic heterocycles. The topological polar surface area (TPSA) is 744 Å². The van der Waals surface area contributed by atoms with Gasteiger partial charge in [0.15, 0.2) is 116 Å². The van der Waals surface area contributed by atoms with Crippen LogP contribution in [0.3, 0.4) is 0 Å². The van der Waals surface area contributed by atoms with Gasteiger partial charge in [0.25, 0.3) is 0 Å². The molecule has 0 aromatic heterocycles. The van der Waals surface area contributed by atoms with Crippen molar-refractivity contribution in [1.29, 1.82) is 0 Å². The SMILES string of the molecule is O=C(O[C@@H]1O[C@@H]2COC(=O)c3cc(O)c(O)c(O)c3-c3c(cc(O)c(O)c3O)C(=O)O[C@H]2[C@H](O)[C@H]1O)c1cc(O)c(O)c(Oc2c(O)c(O)c(O)c3c2C(=O)O[C@H]2[C@@H]4OC(=O)c5cc(O)c(O)c(O)c5-c5c(cc(O)c(O)c5O)C(=O)O[C@H]4[C@@H](OC(=O)c4cc(O)c(O)c(O)c4)O[C@@H]2COC(=O)c2cc(O)c(O)c(O)c2-3)c1. The number of hydrogen-bond donors (Lipinski definition) is 25. The fourth-order valence-electron chi connectivity index (χ4n) is 12.5. The Balaban J connectivity index is 0.917. The molecule has 0 saturated carbocycles. The first-order valence-corrected chi connectivity index (χ1v) is 31.2. The molecule has 0 spiro atoms. The van der Waals surface area contributed by atoms with Crippen LogP contribution in [-0.4, -0.2) is 250 Å². The number of hydrogen-bond acceptors (Lipinski definition) is 44. The Kier molecular flexibility index (Phi) is 18.1. The van der Waals surface area contributed by atoms with Crippen LogP contribution >= 0.6 is 0 Å². The molecule has 13 rings (SSSR count). The average molecular weight is 1570 g/mol. The summed E-state index contributed by atoms with van der Waals surface area (Å²) in [6.07, 6.45) is -26.2. The molecule has 0 amide bonds. The molecule has 5 heterocycles. The van der Waals surface area contributed by atoms with Gasteiger partial charge in [-0.2, -0.15) is 0 Å². The van der Waals surface area contributed by atoms with Gasteiger partial charge in [-0.15, -0.1) is 0 Å². The van der Waals surface area contributed by atoms with Gasteiger partial charge in [-0.25, -0.2) is 38.4 Å². The predicted octanol–water partition coefficient (Wildman–Crippen LogP) is 1.75. The number of benzene rings is 8. The van der Waals surface area contributed by atoms with E-state index in [-0.39, 0.29) is 12.1 Å². The summed E-state index contributed by atoms with van der Waals surface area (Å²) in [7, 11) is 0. The first kappa shape index (κ1) is 74.8. The van der Waals surface area contributed by atoms with Gasteiger partial charge in [-0.05, 0) is 54.6 Å². The third-order valence-electron chi connectivity index (χ3n) is 17.9. The maximum absolute atomic E-state index is 15.8. The quantitative estimate of drug-likeness (QED) is 0.0640.